The van der Waals surface area contributed by atoms with Crippen molar-refractivity contribution < 1.29 is 9.84 Å². The number of aliphatic hydroxyl groups is 1. The Balaban J connectivity index is 2.70. The maximum Gasteiger partial charge on any atom is 0.151 e. The van der Waals surface area contributed by atoms with Gasteiger partial charge in [0.1, 0.15) is 5.03 Å². The third kappa shape index (κ3) is 4.41. The number of ether oxygens (including phenoxy) is 1. The lowest BCUT2D eigenvalue weighted by Crippen LogP contribution is -2.08. The van der Waals surface area contributed by atoms with E-state index in [0.717, 1.165) is 17.2 Å². The van der Waals surface area contributed by atoms with E-state index in [1.165, 1.54) is 0 Å². The van der Waals surface area contributed by atoms with E-state index in [4.69, 9.17) is 9.84 Å². The summed E-state index contributed by atoms with van der Waals surface area (Å²) in [6, 6.07) is 3.81. The molecule has 1 atom stereocenters. The van der Waals surface area contributed by atoms with Crippen LogP contribution in [0.1, 0.15) is 27.2 Å². The van der Waals surface area contributed by atoms with Crippen LogP contribution in [-0.2, 0) is 0 Å². The topological polar surface area (TPSA) is 42.4 Å². The second kappa shape index (κ2) is 6.76. The number of hydrogen-bond acceptors (Lipinski definition) is 4. The second-order valence-electron chi connectivity index (χ2n) is 3.91. The van der Waals surface area contributed by atoms with Gasteiger partial charge in [0, 0.05) is 18.1 Å². The average molecular weight is 241 g/mol. The molecule has 4 heteroatoms. The summed E-state index contributed by atoms with van der Waals surface area (Å²) in [6.45, 7) is 6.29. The highest BCUT2D eigenvalue weighted by Crippen LogP contribution is 2.31. The van der Waals surface area contributed by atoms with Gasteiger partial charge in [0.05, 0.1) is 6.10 Å². The van der Waals surface area contributed by atoms with Crippen LogP contribution in [-0.4, -0.2) is 28.1 Å². The largest absolute Gasteiger partial charge is 0.488 e. The number of aliphatic hydroxyl groups excluding tert-OH is 1. The second-order valence-corrected chi connectivity index (χ2v) is 5.34. The van der Waals surface area contributed by atoms with Gasteiger partial charge in [0.2, 0.25) is 0 Å². The Labute approximate surface area is 101 Å². The van der Waals surface area contributed by atoms with Crippen molar-refractivity contribution >= 4 is 11.8 Å². The van der Waals surface area contributed by atoms with Gasteiger partial charge in [-0.15, -0.1) is 0 Å². The van der Waals surface area contributed by atoms with E-state index < -0.39 is 0 Å². The summed E-state index contributed by atoms with van der Waals surface area (Å²) < 4.78 is 5.68. The van der Waals surface area contributed by atoms with Gasteiger partial charge in [-0.1, -0.05) is 18.7 Å². The number of pyridine rings is 1. The highest BCUT2D eigenvalue weighted by Gasteiger charge is 2.11. The Bertz CT molecular complexity index is 318. The summed E-state index contributed by atoms with van der Waals surface area (Å²) in [4.78, 5) is 4.31. The van der Waals surface area contributed by atoms with Crippen molar-refractivity contribution in [1.29, 1.82) is 0 Å². The minimum atomic E-state index is 0.150. The molecule has 3 nitrogen and oxygen atoms in total. The smallest absolute Gasteiger partial charge is 0.151 e. The molecule has 0 saturated carbocycles. The predicted molar refractivity (Wildman–Crippen MR) is 67.0 cm³/mol. The minimum Gasteiger partial charge on any atom is -0.488 e. The van der Waals surface area contributed by atoms with Crippen LogP contribution in [0.3, 0.4) is 0 Å². The van der Waals surface area contributed by atoms with Gasteiger partial charge in [0.15, 0.2) is 5.75 Å². The molecule has 1 aromatic heterocycles. The monoisotopic (exact) mass is 241 g/mol. The minimum absolute atomic E-state index is 0.150. The quantitative estimate of drug-likeness (QED) is 0.778. The molecule has 0 radical (unpaired) electrons. The first-order chi connectivity index (χ1) is 7.63. The van der Waals surface area contributed by atoms with Crippen LogP contribution < -0.4 is 4.74 Å². The number of aromatic nitrogens is 1. The number of thioether (sulfide) groups is 1. The van der Waals surface area contributed by atoms with Crippen molar-refractivity contribution in [2.24, 2.45) is 0 Å². The maximum absolute atomic E-state index is 8.86. The molecular formula is C12H19NO2S. The van der Waals surface area contributed by atoms with Gasteiger partial charge < -0.3 is 9.84 Å². The molecule has 0 fully saturated rings. The first-order valence-corrected chi connectivity index (χ1v) is 6.40. The first kappa shape index (κ1) is 13.3. The third-order valence-electron chi connectivity index (χ3n) is 1.95. The number of nitrogens with zero attached hydrogens (tertiary/aromatic N) is 1. The molecule has 16 heavy (non-hydrogen) atoms. The van der Waals surface area contributed by atoms with E-state index >= 15 is 0 Å². The molecule has 1 unspecified atom stereocenters. The zero-order valence-electron chi connectivity index (χ0n) is 10.0. The van der Waals surface area contributed by atoms with Gasteiger partial charge >= 0.3 is 0 Å². The Hall–Kier alpha value is -0.740. The SMILES string of the molecule is CC(C)Oc1cccnc1SC(C)CCO. The summed E-state index contributed by atoms with van der Waals surface area (Å²) in [5.41, 5.74) is 0. The van der Waals surface area contributed by atoms with Gasteiger partial charge in [-0.3, -0.25) is 0 Å². The molecule has 1 rings (SSSR count). The van der Waals surface area contributed by atoms with Gasteiger partial charge in [-0.2, -0.15) is 0 Å². The summed E-state index contributed by atoms with van der Waals surface area (Å²) in [7, 11) is 0. The van der Waals surface area contributed by atoms with E-state index in [-0.39, 0.29) is 12.7 Å². The van der Waals surface area contributed by atoms with Crippen molar-refractivity contribution in [2.45, 2.75) is 43.6 Å². The van der Waals surface area contributed by atoms with Crippen molar-refractivity contribution in [3.63, 3.8) is 0 Å². The normalized spacial score (nSPS) is 12.8. The fraction of sp³-hybridized carbons (Fsp3) is 0.583. The predicted octanol–water partition coefficient (Wildman–Crippen LogP) is 2.73. The fourth-order valence-corrected chi connectivity index (χ4v) is 2.20. The van der Waals surface area contributed by atoms with Crippen LogP contribution in [0.2, 0.25) is 0 Å². The van der Waals surface area contributed by atoms with Gasteiger partial charge in [-0.05, 0) is 32.4 Å². The van der Waals surface area contributed by atoms with Crippen LogP contribution >= 0.6 is 11.8 Å². The Morgan fingerprint density at radius 2 is 2.19 bits per heavy atom. The Morgan fingerprint density at radius 3 is 2.81 bits per heavy atom. The summed E-state index contributed by atoms with van der Waals surface area (Å²) in [5.74, 6) is 0.826. The van der Waals surface area contributed by atoms with E-state index in [1.54, 1.807) is 18.0 Å². The molecule has 0 saturated heterocycles. The van der Waals surface area contributed by atoms with Gasteiger partial charge in [-0.25, -0.2) is 4.98 Å². The Morgan fingerprint density at radius 1 is 1.44 bits per heavy atom. The van der Waals surface area contributed by atoms with Crippen LogP contribution in [0.15, 0.2) is 23.4 Å². The lowest BCUT2D eigenvalue weighted by molar-refractivity contribution is 0.234. The van der Waals surface area contributed by atoms with E-state index in [9.17, 15) is 0 Å². The lowest BCUT2D eigenvalue weighted by atomic mass is 10.3. The molecule has 0 aliphatic carbocycles. The van der Waals surface area contributed by atoms with Gasteiger partial charge in [0.25, 0.3) is 0 Å². The molecule has 0 spiro atoms. The first-order valence-electron chi connectivity index (χ1n) is 5.52. The van der Waals surface area contributed by atoms with Crippen molar-refractivity contribution in [3.05, 3.63) is 18.3 Å². The molecule has 1 aromatic rings. The van der Waals surface area contributed by atoms with Crippen molar-refractivity contribution in [1.82, 2.24) is 4.98 Å². The highest BCUT2D eigenvalue weighted by atomic mass is 32.2. The summed E-state index contributed by atoms with van der Waals surface area (Å²) in [5, 5.41) is 10.1. The molecular weight excluding hydrogens is 222 g/mol. The number of hydrogen-bond donors (Lipinski definition) is 1. The Kier molecular flexibility index (Phi) is 5.63. The van der Waals surface area contributed by atoms with Crippen LogP contribution in [0.25, 0.3) is 0 Å². The van der Waals surface area contributed by atoms with Crippen LogP contribution in [0.5, 0.6) is 5.75 Å². The summed E-state index contributed by atoms with van der Waals surface area (Å²) in [6.07, 6.45) is 2.68. The molecule has 0 aliphatic heterocycles. The van der Waals surface area contributed by atoms with Crippen LogP contribution in [0.4, 0.5) is 0 Å². The molecule has 1 heterocycles. The van der Waals surface area contributed by atoms with E-state index in [1.807, 2.05) is 26.0 Å². The van der Waals surface area contributed by atoms with Crippen molar-refractivity contribution in [2.75, 3.05) is 6.61 Å². The highest BCUT2D eigenvalue weighted by molar-refractivity contribution is 7.99. The third-order valence-corrected chi connectivity index (χ3v) is 3.12. The van der Waals surface area contributed by atoms with Crippen molar-refractivity contribution in [3.8, 4) is 5.75 Å². The fourth-order valence-electron chi connectivity index (χ4n) is 1.24. The molecule has 0 aromatic carbocycles. The molecule has 0 bridgehead atoms. The average Bonchev–Trinajstić information content (AvgIpc) is 2.20. The molecule has 0 aliphatic rings. The van der Waals surface area contributed by atoms with E-state index in [2.05, 4.69) is 11.9 Å². The maximum atomic E-state index is 8.86. The zero-order valence-corrected chi connectivity index (χ0v) is 10.8. The number of rotatable bonds is 6. The van der Waals surface area contributed by atoms with Crippen LogP contribution in [0, 0.1) is 0 Å². The van der Waals surface area contributed by atoms with E-state index in [0.29, 0.717) is 5.25 Å². The summed E-state index contributed by atoms with van der Waals surface area (Å²) >= 11 is 1.64. The molecule has 1 N–H and O–H groups in total. The zero-order chi connectivity index (χ0) is 12.0. The molecule has 0 amide bonds. The molecule has 90 valence electrons. The lowest BCUT2D eigenvalue weighted by Gasteiger charge is -2.15. The standard InChI is InChI=1S/C12H19NO2S/c1-9(2)15-11-5-4-7-13-12(11)16-10(3)6-8-14/h4-5,7,9-10,14H,6,8H2,1-3H3.